The second-order valence-electron chi connectivity index (χ2n) is 6.69. The molecule has 0 atom stereocenters. The number of piperidine rings is 1. The zero-order valence-electron chi connectivity index (χ0n) is 14.3. The summed E-state index contributed by atoms with van der Waals surface area (Å²) in [4.78, 5) is 43.8. The smallest absolute Gasteiger partial charge is 0.323 e. The van der Waals surface area contributed by atoms with Crippen molar-refractivity contribution in [1.82, 2.24) is 20.1 Å². The van der Waals surface area contributed by atoms with Crippen LogP contribution in [0.3, 0.4) is 0 Å². The van der Waals surface area contributed by atoms with Crippen molar-refractivity contribution in [3.63, 3.8) is 0 Å². The van der Waals surface area contributed by atoms with Crippen molar-refractivity contribution in [2.45, 2.75) is 18.4 Å². The fraction of sp³-hybridized carbons (Fsp3) is 0.412. The Kier molecular flexibility index (Phi) is 4.12. The van der Waals surface area contributed by atoms with E-state index in [1.54, 1.807) is 0 Å². The van der Waals surface area contributed by atoms with Gasteiger partial charge in [0.05, 0.1) is 16.8 Å². The molecule has 0 radical (unpaired) electrons. The summed E-state index contributed by atoms with van der Waals surface area (Å²) < 4.78 is 1.03. The zero-order chi connectivity index (χ0) is 18.3. The number of fused-ring (bicyclic) bond motifs is 1. The molecule has 2 aromatic rings. The molecule has 0 bridgehead atoms. The maximum atomic E-state index is 12.3. The molecule has 4 rings (SSSR count). The summed E-state index contributed by atoms with van der Waals surface area (Å²) in [6.45, 7) is 1.39. The number of benzene rings is 1. The second kappa shape index (κ2) is 6.33. The van der Waals surface area contributed by atoms with E-state index in [0.717, 1.165) is 15.1 Å². The lowest BCUT2D eigenvalue weighted by Crippen LogP contribution is -2.55. The minimum Gasteiger partial charge on any atom is -0.323 e. The number of rotatable bonds is 3. The highest BCUT2D eigenvalue weighted by molar-refractivity contribution is 7.22. The number of nitrogens with zero attached hydrogens (tertiary/aromatic N) is 3. The van der Waals surface area contributed by atoms with Crippen LogP contribution in [0.15, 0.2) is 24.3 Å². The van der Waals surface area contributed by atoms with Crippen LogP contribution in [0.2, 0.25) is 0 Å². The molecule has 8 nitrogen and oxygen atoms in total. The molecule has 4 amide bonds. The van der Waals surface area contributed by atoms with Crippen molar-refractivity contribution in [1.29, 1.82) is 0 Å². The predicted molar refractivity (Wildman–Crippen MR) is 98.0 cm³/mol. The van der Waals surface area contributed by atoms with E-state index in [2.05, 4.69) is 15.6 Å². The molecule has 1 spiro atoms. The number of carbonyl (C=O) groups is 3. The van der Waals surface area contributed by atoms with Crippen LogP contribution in [0.25, 0.3) is 10.2 Å². The van der Waals surface area contributed by atoms with Gasteiger partial charge in [-0.2, -0.15) is 0 Å². The highest BCUT2D eigenvalue weighted by Gasteiger charge is 2.50. The van der Waals surface area contributed by atoms with Crippen LogP contribution in [0.4, 0.5) is 9.93 Å². The number of aromatic nitrogens is 1. The van der Waals surface area contributed by atoms with E-state index in [-0.39, 0.29) is 24.4 Å². The van der Waals surface area contributed by atoms with E-state index in [9.17, 15) is 14.4 Å². The van der Waals surface area contributed by atoms with Gasteiger partial charge in [0.15, 0.2) is 5.13 Å². The molecule has 1 aromatic heterocycles. The number of para-hydroxylation sites is 1. The predicted octanol–water partition coefficient (Wildman–Crippen LogP) is 1.25. The molecule has 0 aliphatic carbocycles. The summed E-state index contributed by atoms with van der Waals surface area (Å²) >= 11 is 1.44. The minimum atomic E-state index is -0.800. The van der Waals surface area contributed by atoms with Gasteiger partial charge in [-0.05, 0) is 25.0 Å². The van der Waals surface area contributed by atoms with Gasteiger partial charge in [0, 0.05) is 20.1 Å². The first-order valence-electron chi connectivity index (χ1n) is 8.45. The largest absolute Gasteiger partial charge is 0.324 e. The Morgan fingerprint density at radius 2 is 2.04 bits per heavy atom. The van der Waals surface area contributed by atoms with Gasteiger partial charge in [0.25, 0.3) is 5.91 Å². The first-order chi connectivity index (χ1) is 12.5. The summed E-state index contributed by atoms with van der Waals surface area (Å²) in [7, 11) is 1.49. The molecule has 2 aliphatic rings. The molecule has 0 saturated carbocycles. The molecule has 2 N–H and O–H groups in total. The fourth-order valence-corrected chi connectivity index (χ4v) is 4.36. The van der Waals surface area contributed by atoms with E-state index < -0.39 is 5.54 Å². The molecule has 2 aliphatic heterocycles. The Labute approximate surface area is 154 Å². The number of urea groups is 1. The number of hydrogen-bond donors (Lipinski definition) is 2. The minimum absolute atomic E-state index is 0.126. The van der Waals surface area contributed by atoms with Crippen LogP contribution < -0.4 is 10.6 Å². The van der Waals surface area contributed by atoms with Crippen LogP contribution in [0.1, 0.15) is 12.8 Å². The van der Waals surface area contributed by atoms with Gasteiger partial charge in [-0.15, -0.1) is 0 Å². The van der Waals surface area contributed by atoms with Gasteiger partial charge in [-0.3, -0.25) is 19.4 Å². The Bertz CT molecular complexity index is 854. The molecule has 2 saturated heterocycles. The summed E-state index contributed by atoms with van der Waals surface area (Å²) in [6, 6.07) is 7.39. The van der Waals surface area contributed by atoms with Crippen molar-refractivity contribution < 1.29 is 14.4 Å². The van der Waals surface area contributed by atoms with Crippen molar-refractivity contribution in [2.75, 3.05) is 32.0 Å². The summed E-state index contributed by atoms with van der Waals surface area (Å²) in [5, 5.41) is 6.23. The first-order valence-corrected chi connectivity index (χ1v) is 9.27. The van der Waals surface area contributed by atoms with Crippen LogP contribution in [0, 0.1) is 0 Å². The monoisotopic (exact) mass is 373 g/mol. The molecule has 2 fully saturated rings. The van der Waals surface area contributed by atoms with Gasteiger partial charge in [0.2, 0.25) is 5.91 Å². The van der Waals surface area contributed by atoms with Crippen molar-refractivity contribution in [3.05, 3.63) is 24.3 Å². The first kappa shape index (κ1) is 16.9. The number of thiazole rings is 1. The number of hydrogen-bond acceptors (Lipinski definition) is 6. The Hall–Kier alpha value is -2.52. The highest BCUT2D eigenvalue weighted by Crippen LogP contribution is 2.29. The lowest BCUT2D eigenvalue weighted by Gasteiger charge is -2.36. The van der Waals surface area contributed by atoms with Crippen molar-refractivity contribution in [3.8, 4) is 0 Å². The lowest BCUT2D eigenvalue weighted by molar-refractivity contribution is -0.132. The average Bonchev–Trinajstić information content (AvgIpc) is 3.11. The lowest BCUT2D eigenvalue weighted by atomic mass is 9.87. The van der Waals surface area contributed by atoms with E-state index in [0.29, 0.717) is 31.1 Å². The summed E-state index contributed by atoms with van der Waals surface area (Å²) in [6.07, 6.45) is 1.02. The maximum absolute atomic E-state index is 12.3. The zero-order valence-corrected chi connectivity index (χ0v) is 15.1. The SMILES string of the molecule is CN1C(=O)NC2(CCN(CC(=O)Nc3nc4ccccc4s3)CC2)C1=O. The van der Waals surface area contributed by atoms with Gasteiger partial charge in [0.1, 0.15) is 5.54 Å². The Morgan fingerprint density at radius 3 is 2.69 bits per heavy atom. The molecule has 9 heteroatoms. The molecule has 1 aromatic carbocycles. The fourth-order valence-electron chi connectivity index (χ4n) is 3.47. The Morgan fingerprint density at radius 1 is 1.31 bits per heavy atom. The van der Waals surface area contributed by atoms with Crippen LogP contribution in [-0.4, -0.2) is 64.9 Å². The normalized spacial score (nSPS) is 20.0. The second-order valence-corrected chi connectivity index (χ2v) is 7.72. The quantitative estimate of drug-likeness (QED) is 0.790. The summed E-state index contributed by atoms with van der Waals surface area (Å²) in [5.74, 6) is -0.306. The third-order valence-corrected chi connectivity index (χ3v) is 5.93. The van der Waals surface area contributed by atoms with Crippen LogP contribution in [-0.2, 0) is 9.59 Å². The van der Waals surface area contributed by atoms with Crippen LogP contribution >= 0.6 is 11.3 Å². The average molecular weight is 373 g/mol. The standard InChI is InChI=1S/C17H19N5O3S/c1-21-14(24)17(20-16(21)25)6-8-22(9-7-17)10-13(23)19-15-18-11-4-2-3-5-12(11)26-15/h2-5H,6-10H2,1H3,(H,20,25)(H,18,19,23). The number of imide groups is 1. The molecule has 0 unspecified atom stereocenters. The highest BCUT2D eigenvalue weighted by atomic mass is 32.1. The molecule has 3 heterocycles. The van der Waals surface area contributed by atoms with Gasteiger partial charge in [-0.25, -0.2) is 9.78 Å². The molecular weight excluding hydrogens is 354 g/mol. The van der Waals surface area contributed by atoms with E-state index in [1.165, 1.54) is 18.4 Å². The topological polar surface area (TPSA) is 94.6 Å². The number of anilines is 1. The van der Waals surface area contributed by atoms with E-state index in [4.69, 9.17) is 0 Å². The van der Waals surface area contributed by atoms with Crippen molar-refractivity contribution >= 4 is 44.5 Å². The number of likely N-dealkylation sites (N-methyl/N-ethyl adjacent to an activating group) is 1. The van der Waals surface area contributed by atoms with E-state index in [1.807, 2.05) is 29.2 Å². The summed E-state index contributed by atoms with van der Waals surface area (Å²) in [5.41, 5.74) is 0.0681. The van der Waals surface area contributed by atoms with Gasteiger partial charge in [-0.1, -0.05) is 23.5 Å². The maximum Gasteiger partial charge on any atom is 0.324 e. The molecular formula is C17H19N5O3S. The Balaban J connectivity index is 1.33. The van der Waals surface area contributed by atoms with E-state index >= 15 is 0 Å². The number of likely N-dealkylation sites (tertiary alicyclic amines) is 1. The molecule has 136 valence electrons. The van der Waals surface area contributed by atoms with Gasteiger partial charge < -0.3 is 10.6 Å². The number of amides is 4. The third kappa shape index (κ3) is 2.93. The number of carbonyl (C=O) groups excluding carboxylic acids is 3. The number of nitrogens with one attached hydrogen (secondary N) is 2. The van der Waals surface area contributed by atoms with Gasteiger partial charge >= 0.3 is 6.03 Å². The molecule has 26 heavy (non-hydrogen) atoms. The van der Waals surface area contributed by atoms with Crippen LogP contribution in [0.5, 0.6) is 0 Å². The third-order valence-electron chi connectivity index (χ3n) is 4.98. The van der Waals surface area contributed by atoms with Crippen molar-refractivity contribution in [2.24, 2.45) is 0 Å².